The number of carbonyl (C=O) groups is 2. The summed E-state index contributed by atoms with van der Waals surface area (Å²) in [4.78, 5) is 26.7. The van der Waals surface area contributed by atoms with Gasteiger partial charge in [-0.05, 0) is 37.3 Å². The Balaban J connectivity index is 2.06. The molecule has 1 aromatic heterocycles. The maximum atomic E-state index is 12.2. The molecule has 0 aliphatic carbocycles. The number of esters is 1. The molecule has 2 rings (SSSR count). The summed E-state index contributed by atoms with van der Waals surface area (Å²) in [5, 5.41) is 2.53. The second-order valence-corrected chi connectivity index (χ2v) is 7.59. The number of ether oxygens (including phenoxy) is 1. The Labute approximate surface area is 145 Å². The van der Waals surface area contributed by atoms with Crippen LogP contribution in [0.15, 0.2) is 47.5 Å². The molecule has 0 aliphatic heterocycles. The molecule has 0 bridgehead atoms. The Morgan fingerprint density at radius 3 is 2.52 bits per heavy atom. The first-order valence-corrected chi connectivity index (χ1v) is 8.83. The number of anilines is 1. The summed E-state index contributed by atoms with van der Waals surface area (Å²) in [7, 11) is -0.773. The predicted octanol–water partition coefficient (Wildman–Crippen LogP) is 1.45. The van der Waals surface area contributed by atoms with E-state index < -0.39 is 28.0 Å². The predicted molar refractivity (Wildman–Crippen MR) is 91.6 cm³/mol. The van der Waals surface area contributed by atoms with Crippen molar-refractivity contribution in [3.8, 4) is 0 Å². The zero-order valence-electron chi connectivity index (χ0n) is 14.0. The number of amides is 1. The SMILES string of the molecule is C[C@H](OC(=O)c1ccc[nH]1)C(=O)Nc1cccc(S(=O)(=O)N(C)C)c1. The number of nitrogens with one attached hydrogen (secondary N) is 2. The highest BCUT2D eigenvalue weighted by Gasteiger charge is 2.21. The van der Waals surface area contributed by atoms with E-state index in [0.717, 1.165) is 4.31 Å². The third kappa shape index (κ3) is 4.46. The molecular formula is C16H19N3O5S. The van der Waals surface area contributed by atoms with Crippen LogP contribution in [0.2, 0.25) is 0 Å². The molecule has 9 heteroatoms. The maximum absolute atomic E-state index is 12.2. The number of H-pyrrole nitrogens is 1. The lowest BCUT2D eigenvalue weighted by Crippen LogP contribution is -2.30. The largest absolute Gasteiger partial charge is 0.448 e. The molecule has 2 N–H and O–H groups in total. The van der Waals surface area contributed by atoms with Crippen LogP contribution in [0.4, 0.5) is 5.69 Å². The molecule has 1 amide bonds. The summed E-state index contributed by atoms with van der Waals surface area (Å²) in [5.41, 5.74) is 0.523. The van der Waals surface area contributed by atoms with E-state index in [1.807, 2.05) is 0 Å². The van der Waals surface area contributed by atoms with Crippen molar-refractivity contribution in [1.29, 1.82) is 0 Å². The van der Waals surface area contributed by atoms with Crippen molar-refractivity contribution in [2.24, 2.45) is 0 Å². The normalized spacial score (nSPS) is 12.6. The molecule has 134 valence electrons. The number of rotatable bonds is 6. The Hall–Kier alpha value is -2.65. The molecular weight excluding hydrogens is 346 g/mol. The fraction of sp³-hybridized carbons (Fsp3) is 0.250. The number of hydrogen-bond acceptors (Lipinski definition) is 5. The van der Waals surface area contributed by atoms with E-state index in [9.17, 15) is 18.0 Å². The molecule has 0 saturated carbocycles. The molecule has 1 aromatic carbocycles. The van der Waals surface area contributed by atoms with E-state index >= 15 is 0 Å². The minimum absolute atomic E-state index is 0.0475. The Bertz CT molecular complexity index is 860. The van der Waals surface area contributed by atoms with Gasteiger partial charge < -0.3 is 15.0 Å². The van der Waals surface area contributed by atoms with E-state index in [4.69, 9.17) is 4.74 Å². The van der Waals surface area contributed by atoms with Crippen molar-refractivity contribution in [2.45, 2.75) is 17.9 Å². The quantitative estimate of drug-likeness (QED) is 0.753. The van der Waals surface area contributed by atoms with Crippen molar-refractivity contribution in [3.05, 3.63) is 48.3 Å². The molecule has 25 heavy (non-hydrogen) atoms. The summed E-state index contributed by atoms with van der Waals surface area (Å²) >= 11 is 0. The lowest BCUT2D eigenvalue weighted by molar-refractivity contribution is -0.123. The molecule has 1 atom stereocenters. The van der Waals surface area contributed by atoms with Crippen LogP contribution in [0.1, 0.15) is 17.4 Å². The summed E-state index contributed by atoms with van der Waals surface area (Å²) in [6.45, 7) is 1.43. The van der Waals surface area contributed by atoms with Gasteiger partial charge in [0.25, 0.3) is 5.91 Å². The minimum atomic E-state index is -3.61. The highest BCUT2D eigenvalue weighted by atomic mass is 32.2. The fourth-order valence-corrected chi connectivity index (χ4v) is 2.87. The van der Waals surface area contributed by atoms with Gasteiger partial charge in [0, 0.05) is 26.0 Å². The molecule has 2 aromatic rings. The van der Waals surface area contributed by atoms with Gasteiger partial charge in [-0.25, -0.2) is 17.5 Å². The molecule has 1 heterocycles. The van der Waals surface area contributed by atoms with E-state index in [-0.39, 0.29) is 16.3 Å². The molecule has 0 spiro atoms. The van der Waals surface area contributed by atoms with Crippen LogP contribution >= 0.6 is 0 Å². The number of hydrogen-bond donors (Lipinski definition) is 2. The molecule has 0 radical (unpaired) electrons. The van der Waals surface area contributed by atoms with Gasteiger partial charge in [0.05, 0.1) is 4.90 Å². The maximum Gasteiger partial charge on any atom is 0.355 e. The smallest absolute Gasteiger partial charge is 0.355 e. The summed E-state index contributed by atoms with van der Waals surface area (Å²) < 4.78 is 30.4. The highest BCUT2D eigenvalue weighted by Crippen LogP contribution is 2.18. The van der Waals surface area contributed by atoms with Crippen LogP contribution < -0.4 is 5.32 Å². The number of aromatic nitrogens is 1. The average molecular weight is 365 g/mol. The monoisotopic (exact) mass is 365 g/mol. The van der Waals surface area contributed by atoms with Crippen LogP contribution in [-0.2, 0) is 19.6 Å². The Morgan fingerprint density at radius 1 is 1.20 bits per heavy atom. The third-order valence-corrected chi connectivity index (χ3v) is 5.16. The van der Waals surface area contributed by atoms with Crippen molar-refractivity contribution in [1.82, 2.24) is 9.29 Å². The molecule has 0 saturated heterocycles. The van der Waals surface area contributed by atoms with Crippen LogP contribution in [0, 0.1) is 0 Å². The molecule has 8 nitrogen and oxygen atoms in total. The number of nitrogens with zero attached hydrogens (tertiary/aromatic N) is 1. The summed E-state index contributed by atoms with van der Waals surface area (Å²) in [6.07, 6.45) is 0.516. The Morgan fingerprint density at radius 2 is 1.92 bits per heavy atom. The van der Waals surface area contributed by atoms with Gasteiger partial charge in [-0.2, -0.15) is 0 Å². The number of benzene rings is 1. The average Bonchev–Trinajstić information content (AvgIpc) is 3.09. The molecule has 0 aliphatic rings. The lowest BCUT2D eigenvalue weighted by Gasteiger charge is -2.15. The zero-order valence-corrected chi connectivity index (χ0v) is 14.8. The van der Waals surface area contributed by atoms with Crippen molar-refractivity contribution in [3.63, 3.8) is 0 Å². The zero-order chi connectivity index (χ0) is 18.6. The first-order valence-electron chi connectivity index (χ1n) is 7.39. The minimum Gasteiger partial charge on any atom is -0.448 e. The topological polar surface area (TPSA) is 109 Å². The van der Waals surface area contributed by atoms with Crippen LogP contribution in [0.3, 0.4) is 0 Å². The number of carbonyl (C=O) groups excluding carboxylic acids is 2. The van der Waals surface area contributed by atoms with Crippen molar-refractivity contribution >= 4 is 27.6 Å². The molecule has 0 fully saturated rings. The van der Waals surface area contributed by atoms with Crippen LogP contribution in [0.25, 0.3) is 0 Å². The number of aromatic amines is 1. The van der Waals surface area contributed by atoms with E-state index in [1.54, 1.807) is 18.3 Å². The lowest BCUT2D eigenvalue weighted by atomic mass is 10.3. The van der Waals surface area contributed by atoms with Gasteiger partial charge >= 0.3 is 5.97 Å². The second kappa shape index (κ2) is 7.49. The van der Waals surface area contributed by atoms with E-state index in [1.165, 1.54) is 45.3 Å². The van der Waals surface area contributed by atoms with Gasteiger partial charge in [-0.15, -0.1) is 0 Å². The van der Waals surface area contributed by atoms with Crippen molar-refractivity contribution < 1.29 is 22.7 Å². The van der Waals surface area contributed by atoms with Gasteiger partial charge in [0.1, 0.15) is 5.69 Å². The van der Waals surface area contributed by atoms with E-state index in [2.05, 4.69) is 10.3 Å². The summed E-state index contributed by atoms with van der Waals surface area (Å²) in [6, 6.07) is 9.00. The first kappa shape index (κ1) is 18.7. The van der Waals surface area contributed by atoms with Crippen LogP contribution in [-0.4, -0.2) is 49.8 Å². The van der Waals surface area contributed by atoms with Gasteiger partial charge in [-0.1, -0.05) is 6.07 Å². The standard InChI is InChI=1S/C16H19N3O5S/c1-11(24-16(21)14-8-5-9-17-14)15(20)18-12-6-4-7-13(10-12)25(22,23)19(2)3/h4-11,17H,1-3H3,(H,18,20)/t11-/m0/s1. The third-order valence-electron chi connectivity index (χ3n) is 3.35. The number of sulfonamides is 1. The fourth-order valence-electron chi connectivity index (χ4n) is 1.92. The van der Waals surface area contributed by atoms with Gasteiger partial charge in [-0.3, -0.25) is 4.79 Å². The first-order chi connectivity index (χ1) is 11.7. The summed E-state index contributed by atoms with van der Waals surface area (Å²) in [5.74, 6) is -1.23. The van der Waals surface area contributed by atoms with Crippen LogP contribution in [0.5, 0.6) is 0 Å². The second-order valence-electron chi connectivity index (χ2n) is 5.44. The van der Waals surface area contributed by atoms with E-state index in [0.29, 0.717) is 0 Å². The van der Waals surface area contributed by atoms with Crippen molar-refractivity contribution in [2.75, 3.05) is 19.4 Å². The highest BCUT2D eigenvalue weighted by molar-refractivity contribution is 7.89. The Kier molecular flexibility index (Phi) is 5.60. The van der Waals surface area contributed by atoms with Gasteiger partial charge in [0.2, 0.25) is 10.0 Å². The van der Waals surface area contributed by atoms with Gasteiger partial charge in [0.15, 0.2) is 6.10 Å². The molecule has 0 unspecified atom stereocenters.